The number of aryl methyl sites for hydroxylation is 1. The van der Waals surface area contributed by atoms with Crippen LogP contribution in [0.3, 0.4) is 0 Å². The average molecular weight is 353 g/mol. The minimum absolute atomic E-state index is 0.236. The summed E-state index contributed by atoms with van der Waals surface area (Å²) in [5.74, 6) is -0.236. The molecule has 0 unspecified atom stereocenters. The molecule has 0 aromatic heterocycles. The largest absolute Gasteiger partial charge is 0.358 e. The highest BCUT2D eigenvalue weighted by molar-refractivity contribution is 9.10. The summed E-state index contributed by atoms with van der Waals surface area (Å²) < 4.78 is 13.8. The van der Waals surface area contributed by atoms with E-state index >= 15 is 0 Å². The highest BCUT2D eigenvalue weighted by Gasteiger charge is 2.02. The molecular formula is C15H14BrFN2S. The summed E-state index contributed by atoms with van der Waals surface area (Å²) in [6.07, 6.45) is 0. The topological polar surface area (TPSA) is 24.1 Å². The lowest BCUT2D eigenvalue weighted by atomic mass is 10.2. The second kappa shape index (κ2) is 6.81. The van der Waals surface area contributed by atoms with E-state index in [-0.39, 0.29) is 5.82 Å². The number of benzene rings is 2. The molecule has 2 aromatic carbocycles. The van der Waals surface area contributed by atoms with Crippen molar-refractivity contribution in [2.45, 2.75) is 13.5 Å². The monoisotopic (exact) mass is 352 g/mol. The van der Waals surface area contributed by atoms with Crippen molar-refractivity contribution >= 4 is 38.9 Å². The third-order valence-electron chi connectivity index (χ3n) is 2.80. The van der Waals surface area contributed by atoms with Gasteiger partial charge in [-0.25, -0.2) is 4.39 Å². The molecule has 20 heavy (non-hydrogen) atoms. The molecule has 0 bridgehead atoms. The van der Waals surface area contributed by atoms with E-state index in [0.717, 1.165) is 21.3 Å². The first kappa shape index (κ1) is 14.9. The first-order chi connectivity index (χ1) is 9.54. The summed E-state index contributed by atoms with van der Waals surface area (Å²) in [5, 5.41) is 6.78. The summed E-state index contributed by atoms with van der Waals surface area (Å²) >= 11 is 8.67. The molecule has 5 heteroatoms. The second-order valence-electron chi connectivity index (χ2n) is 4.39. The molecule has 0 aliphatic carbocycles. The van der Waals surface area contributed by atoms with Crippen LogP contribution in [0.2, 0.25) is 0 Å². The predicted molar refractivity (Wildman–Crippen MR) is 88.3 cm³/mol. The predicted octanol–water partition coefficient (Wildman–Crippen LogP) is 4.38. The zero-order valence-corrected chi connectivity index (χ0v) is 13.3. The molecule has 0 fully saturated rings. The number of hydrogen-bond acceptors (Lipinski definition) is 1. The van der Waals surface area contributed by atoms with Crippen LogP contribution in [0.25, 0.3) is 0 Å². The van der Waals surface area contributed by atoms with Crippen molar-refractivity contribution in [3.63, 3.8) is 0 Å². The number of rotatable bonds is 3. The normalized spacial score (nSPS) is 10.2. The van der Waals surface area contributed by atoms with Gasteiger partial charge in [-0.1, -0.05) is 28.1 Å². The minimum Gasteiger partial charge on any atom is -0.358 e. The number of hydrogen-bond donors (Lipinski definition) is 2. The molecule has 0 radical (unpaired) electrons. The van der Waals surface area contributed by atoms with Gasteiger partial charge in [-0.3, -0.25) is 0 Å². The fourth-order valence-corrected chi connectivity index (χ4v) is 2.38. The maximum absolute atomic E-state index is 12.8. The van der Waals surface area contributed by atoms with Crippen molar-refractivity contribution in [3.8, 4) is 0 Å². The summed E-state index contributed by atoms with van der Waals surface area (Å²) in [6.45, 7) is 2.57. The van der Waals surface area contributed by atoms with E-state index in [9.17, 15) is 4.39 Å². The molecule has 0 spiro atoms. The van der Waals surface area contributed by atoms with Gasteiger partial charge >= 0.3 is 0 Å². The molecule has 0 aliphatic rings. The van der Waals surface area contributed by atoms with Gasteiger partial charge in [0.25, 0.3) is 0 Å². The molecule has 0 heterocycles. The minimum atomic E-state index is -0.236. The summed E-state index contributed by atoms with van der Waals surface area (Å²) in [5.41, 5.74) is 3.04. The Morgan fingerprint density at radius 1 is 1.20 bits per heavy atom. The van der Waals surface area contributed by atoms with Crippen molar-refractivity contribution in [3.05, 3.63) is 63.9 Å². The Hall–Kier alpha value is -1.46. The third kappa shape index (κ3) is 4.28. The summed E-state index contributed by atoms with van der Waals surface area (Å²) in [7, 11) is 0. The first-order valence-electron chi connectivity index (χ1n) is 6.10. The molecule has 2 nitrogen and oxygen atoms in total. The van der Waals surface area contributed by atoms with Crippen LogP contribution in [0, 0.1) is 12.7 Å². The van der Waals surface area contributed by atoms with Crippen LogP contribution in [0.15, 0.2) is 46.9 Å². The number of halogens is 2. The van der Waals surface area contributed by atoms with Crippen molar-refractivity contribution in [2.75, 3.05) is 5.32 Å². The van der Waals surface area contributed by atoms with Crippen LogP contribution in [-0.2, 0) is 6.54 Å². The van der Waals surface area contributed by atoms with Gasteiger partial charge in [-0.2, -0.15) is 0 Å². The highest BCUT2D eigenvalue weighted by Crippen LogP contribution is 2.19. The average Bonchev–Trinajstić information content (AvgIpc) is 2.41. The lowest BCUT2D eigenvalue weighted by molar-refractivity contribution is 0.627. The Morgan fingerprint density at radius 2 is 1.90 bits per heavy atom. The van der Waals surface area contributed by atoms with Gasteiger partial charge in [0, 0.05) is 16.7 Å². The smallest absolute Gasteiger partial charge is 0.171 e. The highest BCUT2D eigenvalue weighted by atomic mass is 79.9. The Bertz CT molecular complexity index is 614. The Morgan fingerprint density at radius 3 is 2.55 bits per heavy atom. The van der Waals surface area contributed by atoms with Gasteiger partial charge < -0.3 is 10.6 Å². The van der Waals surface area contributed by atoms with E-state index in [1.807, 2.05) is 25.1 Å². The molecule has 0 atom stereocenters. The van der Waals surface area contributed by atoms with E-state index in [1.165, 1.54) is 12.1 Å². The van der Waals surface area contributed by atoms with E-state index in [2.05, 4.69) is 26.6 Å². The summed E-state index contributed by atoms with van der Waals surface area (Å²) in [4.78, 5) is 0. The van der Waals surface area contributed by atoms with E-state index < -0.39 is 0 Å². The lowest BCUT2D eigenvalue weighted by Crippen LogP contribution is -2.28. The standard InChI is InChI=1S/C15H14BrFN2S/c1-10-8-12(16)4-7-14(10)19-15(20)18-9-11-2-5-13(17)6-3-11/h2-8H,9H2,1H3,(H2,18,19,20). The lowest BCUT2D eigenvalue weighted by Gasteiger charge is -2.12. The number of nitrogens with one attached hydrogen (secondary N) is 2. The zero-order chi connectivity index (χ0) is 14.5. The van der Waals surface area contributed by atoms with Crippen LogP contribution in [0.1, 0.15) is 11.1 Å². The molecule has 2 aromatic rings. The van der Waals surface area contributed by atoms with Crippen LogP contribution in [0.4, 0.5) is 10.1 Å². The van der Waals surface area contributed by atoms with Crippen molar-refractivity contribution < 1.29 is 4.39 Å². The second-order valence-corrected chi connectivity index (χ2v) is 5.72. The molecule has 0 amide bonds. The molecule has 0 saturated carbocycles. The Labute approximate surface area is 131 Å². The van der Waals surface area contributed by atoms with Gasteiger partial charge in [0.2, 0.25) is 0 Å². The number of anilines is 1. The Balaban J connectivity index is 1.90. The molecule has 104 valence electrons. The molecule has 2 N–H and O–H groups in total. The van der Waals surface area contributed by atoms with Crippen molar-refractivity contribution in [1.82, 2.24) is 5.32 Å². The first-order valence-corrected chi connectivity index (χ1v) is 7.30. The molecule has 2 rings (SSSR count). The van der Waals surface area contributed by atoms with Crippen molar-refractivity contribution in [1.29, 1.82) is 0 Å². The fourth-order valence-electron chi connectivity index (χ4n) is 1.72. The van der Waals surface area contributed by atoms with Crippen LogP contribution in [0.5, 0.6) is 0 Å². The molecule has 0 aliphatic heterocycles. The van der Waals surface area contributed by atoms with E-state index in [4.69, 9.17) is 12.2 Å². The van der Waals surface area contributed by atoms with Gasteiger partial charge in [0.15, 0.2) is 5.11 Å². The van der Waals surface area contributed by atoms with Crippen molar-refractivity contribution in [2.24, 2.45) is 0 Å². The van der Waals surface area contributed by atoms with Gasteiger partial charge in [0.1, 0.15) is 5.82 Å². The molecular weight excluding hydrogens is 339 g/mol. The maximum Gasteiger partial charge on any atom is 0.171 e. The van der Waals surface area contributed by atoms with Crippen LogP contribution in [-0.4, -0.2) is 5.11 Å². The zero-order valence-electron chi connectivity index (χ0n) is 10.9. The van der Waals surface area contributed by atoms with E-state index in [0.29, 0.717) is 11.7 Å². The van der Waals surface area contributed by atoms with Gasteiger partial charge in [-0.05, 0) is 60.6 Å². The SMILES string of the molecule is Cc1cc(Br)ccc1NC(=S)NCc1ccc(F)cc1. The van der Waals surface area contributed by atoms with Crippen LogP contribution < -0.4 is 10.6 Å². The third-order valence-corrected chi connectivity index (χ3v) is 3.54. The number of thiocarbonyl (C=S) groups is 1. The fraction of sp³-hybridized carbons (Fsp3) is 0.133. The molecule has 0 saturated heterocycles. The Kier molecular flexibility index (Phi) is 5.09. The maximum atomic E-state index is 12.8. The van der Waals surface area contributed by atoms with Crippen LogP contribution >= 0.6 is 28.1 Å². The van der Waals surface area contributed by atoms with E-state index in [1.54, 1.807) is 12.1 Å². The van der Waals surface area contributed by atoms with Gasteiger partial charge in [0.05, 0.1) is 0 Å². The quantitative estimate of drug-likeness (QED) is 0.801. The van der Waals surface area contributed by atoms with Gasteiger partial charge in [-0.15, -0.1) is 0 Å². The summed E-state index contributed by atoms with van der Waals surface area (Å²) in [6, 6.07) is 12.3.